The zero-order valence-corrected chi connectivity index (χ0v) is 10.2. The van der Waals surface area contributed by atoms with E-state index in [2.05, 4.69) is 15.9 Å². The van der Waals surface area contributed by atoms with Crippen LogP contribution in [0.4, 0.5) is 0 Å². The van der Waals surface area contributed by atoms with Gasteiger partial charge < -0.3 is 0 Å². The Morgan fingerprint density at radius 1 is 0.938 bits per heavy atom. The van der Waals surface area contributed by atoms with Gasteiger partial charge in [0.2, 0.25) is 0 Å². The highest BCUT2D eigenvalue weighted by Gasteiger charge is 2.20. The molecular weight excluding hydrogens is 268 g/mol. The van der Waals surface area contributed by atoms with Gasteiger partial charge in [0.1, 0.15) is 0 Å². The molecule has 0 amide bonds. The Morgan fingerprint density at radius 3 is 2.12 bits per heavy atom. The maximum Gasteiger partial charge on any atom is 0.186 e. The van der Waals surface area contributed by atoms with Gasteiger partial charge in [-0.15, -0.1) is 0 Å². The lowest BCUT2D eigenvalue weighted by Gasteiger charge is -2.11. The van der Waals surface area contributed by atoms with Crippen LogP contribution in [0.3, 0.4) is 0 Å². The topological polar surface area (TPSA) is 34.1 Å². The molecule has 0 N–H and O–H groups in total. The van der Waals surface area contributed by atoms with Crippen molar-refractivity contribution in [1.82, 2.24) is 0 Å². The Balaban J connectivity index is 2.54. The first-order valence-corrected chi connectivity index (χ1v) is 5.62. The van der Waals surface area contributed by atoms with E-state index in [1.807, 2.05) is 24.3 Å². The molecule has 16 heavy (non-hydrogen) atoms. The van der Waals surface area contributed by atoms with E-state index in [9.17, 15) is 9.59 Å². The van der Waals surface area contributed by atoms with Crippen molar-refractivity contribution in [3.63, 3.8) is 0 Å². The zero-order valence-electron chi connectivity index (χ0n) is 8.66. The monoisotopic (exact) mass is 276 g/mol. The highest BCUT2D eigenvalue weighted by atomic mass is 79.9. The SMILES string of the molecule is CC1=C(c2ccc(Br)cc2)C(=O)C=CC1=O. The van der Waals surface area contributed by atoms with Crippen molar-refractivity contribution in [3.8, 4) is 0 Å². The molecule has 0 fully saturated rings. The minimum Gasteiger partial charge on any atom is -0.290 e. The van der Waals surface area contributed by atoms with Gasteiger partial charge in [0.15, 0.2) is 11.6 Å². The molecule has 80 valence electrons. The average molecular weight is 277 g/mol. The molecule has 0 spiro atoms. The lowest BCUT2D eigenvalue weighted by molar-refractivity contribution is -0.113. The summed E-state index contributed by atoms with van der Waals surface area (Å²) in [4.78, 5) is 23.2. The first-order chi connectivity index (χ1) is 7.59. The second-order valence-corrected chi connectivity index (χ2v) is 4.48. The predicted octanol–water partition coefficient (Wildman–Crippen LogP) is 2.93. The fraction of sp³-hybridized carbons (Fsp3) is 0.0769. The number of rotatable bonds is 1. The first kappa shape index (κ1) is 11.0. The van der Waals surface area contributed by atoms with Crippen molar-refractivity contribution in [2.24, 2.45) is 0 Å². The van der Waals surface area contributed by atoms with E-state index >= 15 is 0 Å². The van der Waals surface area contributed by atoms with Gasteiger partial charge in [-0.1, -0.05) is 28.1 Å². The summed E-state index contributed by atoms with van der Waals surface area (Å²) in [6.07, 6.45) is 2.65. The van der Waals surface area contributed by atoms with E-state index < -0.39 is 0 Å². The number of benzene rings is 1. The fourth-order valence-electron chi connectivity index (χ4n) is 1.64. The molecule has 3 heteroatoms. The van der Waals surface area contributed by atoms with Crippen molar-refractivity contribution in [2.45, 2.75) is 6.92 Å². The van der Waals surface area contributed by atoms with Gasteiger partial charge in [-0.05, 0) is 36.8 Å². The number of halogens is 1. The molecule has 0 saturated heterocycles. The van der Waals surface area contributed by atoms with Gasteiger partial charge in [0.25, 0.3) is 0 Å². The van der Waals surface area contributed by atoms with Crippen LogP contribution in [0.2, 0.25) is 0 Å². The van der Waals surface area contributed by atoms with Crippen molar-refractivity contribution in [1.29, 1.82) is 0 Å². The van der Waals surface area contributed by atoms with Crippen LogP contribution in [-0.2, 0) is 9.59 Å². The van der Waals surface area contributed by atoms with E-state index in [-0.39, 0.29) is 11.6 Å². The number of hydrogen-bond acceptors (Lipinski definition) is 2. The molecule has 1 aromatic rings. The first-order valence-electron chi connectivity index (χ1n) is 4.83. The Labute approximate surface area is 102 Å². The minimum atomic E-state index is -0.112. The summed E-state index contributed by atoms with van der Waals surface area (Å²) in [6, 6.07) is 7.36. The molecule has 2 nitrogen and oxygen atoms in total. The van der Waals surface area contributed by atoms with Crippen molar-refractivity contribution >= 4 is 33.1 Å². The van der Waals surface area contributed by atoms with Gasteiger partial charge in [-0.2, -0.15) is 0 Å². The number of carbonyl (C=O) groups excluding carboxylic acids is 2. The molecule has 0 heterocycles. The highest BCUT2D eigenvalue weighted by molar-refractivity contribution is 9.10. The molecule has 0 aromatic heterocycles. The van der Waals surface area contributed by atoms with E-state index in [0.29, 0.717) is 11.1 Å². The molecular formula is C13H9BrO2. The molecule has 0 aliphatic heterocycles. The standard InChI is InChI=1S/C13H9BrO2/c1-8-11(15)6-7-12(16)13(8)9-2-4-10(14)5-3-9/h2-7H,1H3. The molecule has 1 aromatic carbocycles. The number of allylic oxidation sites excluding steroid dienone is 4. The van der Waals surface area contributed by atoms with Gasteiger partial charge in [-0.3, -0.25) is 9.59 Å². The smallest absolute Gasteiger partial charge is 0.186 e. The fourth-order valence-corrected chi connectivity index (χ4v) is 1.91. The maximum absolute atomic E-state index is 11.7. The van der Waals surface area contributed by atoms with Crippen molar-refractivity contribution in [2.75, 3.05) is 0 Å². The maximum atomic E-state index is 11.7. The third kappa shape index (κ3) is 1.91. The normalized spacial score (nSPS) is 15.9. The summed E-state index contributed by atoms with van der Waals surface area (Å²) in [5.41, 5.74) is 1.79. The summed E-state index contributed by atoms with van der Waals surface area (Å²) in [5.74, 6) is -0.211. The summed E-state index contributed by atoms with van der Waals surface area (Å²) >= 11 is 3.33. The Hall–Kier alpha value is -1.48. The van der Waals surface area contributed by atoms with Gasteiger partial charge in [0, 0.05) is 15.6 Å². The van der Waals surface area contributed by atoms with Crippen molar-refractivity contribution < 1.29 is 9.59 Å². The van der Waals surface area contributed by atoms with Gasteiger partial charge in [0.05, 0.1) is 0 Å². The third-order valence-electron chi connectivity index (χ3n) is 2.51. The van der Waals surface area contributed by atoms with E-state index in [1.54, 1.807) is 6.92 Å². The van der Waals surface area contributed by atoms with Crippen LogP contribution in [0.1, 0.15) is 12.5 Å². The lowest BCUT2D eigenvalue weighted by Crippen LogP contribution is -2.11. The summed E-state index contributed by atoms with van der Waals surface area (Å²) in [7, 11) is 0. The summed E-state index contributed by atoms with van der Waals surface area (Å²) in [6.45, 7) is 1.68. The van der Waals surface area contributed by atoms with Crippen LogP contribution in [0.15, 0.2) is 46.5 Å². The molecule has 1 aliphatic rings. The summed E-state index contributed by atoms with van der Waals surface area (Å²) in [5, 5.41) is 0. The quantitative estimate of drug-likeness (QED) is 0.739. The summed E-state index contributed by atoms with van der Waals surface area (Å²) < 4.78 is 0.944. The minimum absolute atomic E-state index is 0.0995. The largest absolute Gasteiger partial charge is 0.290 e. The molecule has 0 unspecified atom stereocenters. The molecule has 1 aliphatic carbocycles. The van der Waals surface area contributed by atoms with Gasteiger partial charge in [-0.25, -0.2) is 0 Å². The second-order valence-electron chi connectivity index (χ2n) is 3.57. The molecule has 0 bridgehead atoms. The van der Waals surface area contributed by atoms with E-state index in [4.69, 9.17) is 0 Å². The number of ketones is 2. The predicted molar refractivity (Wildman–Crippen MR) is 65.9 cm³/mol. The van der Waals surface area contributed by atoms with E-state index in [0.717, 1.165) is 10.0 Å². The van der Waals surface area contributed by atoms with Crippen LogP contribution < -0.4 is 0 Å². The Bertz CT molecular complexity index is 521. The molecule has 0 radical (unpaired) electrons. The second kappa shape index (κ2) is 4.18. The van der Waals surface area contributed by atoms with E-state index in [1.165, 1.54) is 12.2 Å². The zero-order chi connectivity index (χ0) is 11.7. The van der Waals surface area contributed by atoms with Crippen LogP contribution in [0, 0.1) is 0 Å². The van der Waals surface area contributed by atoms with Crippen LogP contribution in [0.5, 0.6) is 0 Å². The molecule has 0 saturated carbocycles. The van der Waals surface area contributed by atoms with Crippen LogP contribution in [0.25, 0.3) is 5.57 Å². The Morgan fingerprint density at radius 2 is 1.50 bits per heavy atom. The lowest BCUT2D eigenvalue weighted by atomic mass is 9.91. The molecule has 2 rings (SSSR count). The molecule has 0 atom stereocenters. The third-order valence-corrected chi connectivity index (χ3v) is 3.04. The van der Waals surface area contributed by atoms with Crippen LogP contribution in [-0.4, -0.2) is 11.6 Å². The average Bonchev–Trinajstić information content (AvgIpc) is 2.27. The van der Waals surface area contributed by atoms with Crippen LogP contribution >= 0.6 is 15.9 Å². The highest BCUT2D eigenvalue weighted by Crippen LogP contribution is 2.25. The Kier molecular flexibility index (Phi) is 2.88. The number of carbonyl (C=O) groups is 2. The number of hydrogen-bond donors (Lipinski definition) is 0. The van der Waals surface area contributed by atoms with Gasteiger partial charge >= 0.3 is 0 Å². The van der Waals surface area contributed by atoms with Crippen molar-refractivity contribution in [3.05, 3.63) is 52.0 Å².